The van der Waals surface area contributed by atoms with E-state index in [1.165, 1.54) is 11.1 Å². The molecule has 3 rings (SSSR count). The maximum atomic E-state index is 4.68. The number of nitrogens with one attached hydrogen (secondary N) is 2. The number of aryl methyl sites for hydroxylation is 2. The number of aromatic nitrogens is 3. The molecule has 0 amide bonds. The fraction of sp³-hybridized carbons (Fsp3) is 0.571. The van der Waals surface area contributed by atoms with Crippen LogP contribution in [0.3, 0.4) is 0 Å². The summed E-state index contributed by atoms with van der Waals surface area (Å²) in [6, 6.07) is 8.99. The third-order valence-electron chi connectivity index (χ3n) is 4.99. The van der Waals surface area contributed by atoms with Gasteiger partial charge in [-0.15, -0.1) is 10.2 Å². The van der Waals surface area contributed by atoms with Gasteiger partial charge in [0.15, 0.2) is 11.8 Å². The second kappa shape index (κ2) is 9.53. The Morgan fingerprint density at radius 3 is 2.74 bits per heavy atom. The van der Waals surface area contributed by atoms with E-state index >= 15 is 0 Å². The lowest BCUT2D eigenvalue weighted by molar-refractivity contribution is 0.682. The highest BCUT2D eigenvalue weighted by molar-refractivity contribution is 5.79. The Morgan fingerprint density at radius 2 is 2.00 bits per heavy atom. The molecule has 1 aromatic heterocycles. The Balaban J connectivity index is 1.46. The molecule has 0 spiro atoms. The molecule has 0 aliphatic carbocycles. The maximum absolute atomic E-state index is 4.68. The Hall–Kier alpha value is -2.37. The average molecular weight is 369 g/mol. The van der Waals surface area contributed by atoms with Crippen molar-refractivity contribution < 1.29 is 0 Å². The van der Waals surface area contributed by atoms with Crippen molar-refractivity contribution in [2.24, 2.45) is 4.99 Å². The Kier molecular flexibility index (Phi) is 6.85. The van der Waals surface area contributed by atoms with Crippen molar-refractivity contribution in [3.05, 3.63) is 47.0 Å². The molecule has 2 N–H and O–H groups in total. The minimum atomic E-state index is 0.568. The lowest BCUT2D eigenvalue weighted by atomic mass is 10.0. The number of rotatable bonds is 8. The molecule has 0 fully saturated rings. The molecule has 27 heavy (non-hydrogen) atoms. The molecule has 0 saturated carbocycles. The summed E-state index contributed by atoms with van der Waals surface area (Å²) in [4.78, 5) is 4.68. The standard InChI is InChI=1S/C21H32N6/c1-4-22-21(24-15-20-26-25-19-8-6-14-27(19)20)23-13-5-7-17-9-11-18(12-10-17)16(2)3/h9-12,16H,4-8,13-15H2,1-3H3,(H2,22,23,24). The van der Waals surface area contributed by atoms with E-state index in [-0.39, 0.29) is 0 Å². The van der Waals surface area contributed by atoms with Crippen molar-refractivity contribution in [3.63, 3.8) is 0 Å². The highest BCUT2D eigenvalue weighted by atomic mass is 15.3. The summed E-state index contributed by atoms with van der Waals surface area (Å²) >= 11 is 0. The number of hydrogen-bond donors (Lipinski definition) is 2. The van der Waals surface area contributed by atoms with Crippen LogP contribution in [0, 0.1) is 0 Å². The van der Waals surface area contributed by atoms with Crippen LogP contribution in [0.15, 0.2) is 29.3 Å². The zero-order valence-corrected chi connectivity index (χ0v) is 16.8. The lowest BCUT2D eigenvalue weighted by Gasteiger charge is -2.11. The fourth-order valence-corrected chi connectivity index (χ4v) is 3.39. The molecule has 2 aromatic rings. The minimum absolute atomic E-state index is 0.568. The predicted molar refractivity (Wildman–Crippen MR) is 110 cm³/mol. The Bertz CT molecular complexity index is 745. The third-order valence-corrected chi connectivity index (χ3v) is 4.99. The number of fused-ring (bicyclic) bond motifs is 1. The summed E-state index contributed by atoms with van der Waals surface area (Å²) in [6.45, 7) is 9.88. The van der Waals surface area contributed by atoms with Crippen LogP contribution in [0.25, 0.3) is 0 Å². The van der Waals surface area contributed by atoms with Gasteiger partial charge >= 0.3 is 0 Å². The molecule has 2 heterocycles. The van der Waals surface area contributed by atoms with Crippen LogP contribution in [0.1, 0.15) is 62.3 Å². The molecule has 0 saturated heterocycles. The molecule has 6 nitrogen and oxygen atoms in total. The minimum Gasteiger partial charge on any atom is -0.357 e. The molecule has 1 aromatic carbocycles. The van der Waals surface area contributed by atoms with Gasteiger partial charge in [-0.1, -0.05) is 38.1 Å². The highest BCUT2D eigenvalue weighted by Crippen LogP contribution is 2.15. The van der Waals surface area contributed by atoms with Crippen molar-refractivity contribution in [2.75, 3.05) is 13.1 Å². The van der Waals surface area contributed by atoms with Gasteiger partial charge in [-0.2, -0.15) is 0 Å². The zero-order valence-electron chi connectivity index (χ0n) is 16.8. The van der Waals surface area contributed by atoms with Gasteiger partial charge in [0, 0.05) is 26.1 Å². The van der Waals surface area contributed by atoms with Crippen molar-refractivity contribution in [3.8, 4) is 0 Å². The maximum Gasteiger partial charge on any atom is 0.191 e. The van der Waals surface area contributed by atoms with Crippen LogP contribution in [0.5, 0.6) is 0 Å². The highest BCUT2D eigenvalue weighted by Gasteiger charge is 2.16. The van der Waals surface area contributed by atoms with Crippen LogP contribution < -0.4 is 10.6 Å². The van der Waals surface area contributed by atoms with Crippen LogP contribution >= 0.6 is 0 Å². The molecule has 0 bridgehead atoms. The van der Waals surface area contributed by atoms with E-state index in [0.717, 1.165) is 62.9 Å². The first-order chi connectivity index (χ1) is 13.2. The molecule has 0 radical (unpaired) electrons. The number of hydrogen-bond acceptors (Lipinski definition) is 3. The molecule has 6 heteroatoms. The van der Waals surface area contributed by atoms with Crippen molar-refractivity contribution >= 4 is 5.96 Å². The molecule has 0 atom stereocenters. The van der Waals surface area contributed by atoms with Crippen molar-refractivity contribution in [1.29, 1.82) is 0 Å². The first-order valence-electron chi connectivity index (χ1n) is 10.2. The van der Waals surface area contributed by atoms with Gasteiger partial charge in [-0.25, -0.2) is 4.99 Å². The Labute approximate surface area is 162 Å². The van der Waals surface area contributed by atoms with E-state index < -0.39 is 0 Å². The monoisotopic (exact) mass is 368 g/mol. The Morgan fingerprint density at radius 1 is 1.19 bits per heavy atom. The van der Waals surface area contributed by atoms with Crippen LogP contribution in [0.4, 0.5) is 0 Å². The molecule has 1 aliphatic heterocycles. The average Bonchev–Trinajstić information content (AvgIpc) is 3.27. The zero-order chi connectivity index (χ0) is 19.1. The largest absolute Gasteiger partial charge is 0.357 e. The van der Waals surface area contributed by atoms with Crippen molar-refractivity contribution in [2.45, 2.75) is 65.5 Å². The third kappa shape index (κ3) is 5.31. The van der Waals surface area contributed by atoms with E-state index in [0.29, 0.717) is 12.5 Å². The molecular weight excluding hydrogens is 336 g/mol. The van der Waals surface area contributed by atoms with Crippen LogP contribution in [-0.2, 0) is 25.9 Å². The van der Waals surface area contributed by atoms with Gasteiger partial charge in [-0.05, 0) is 43.2 Å². The second-order valence-corrected chi connectivity index (χ2v) is 7.41. The van der Waals surface area contributed by atoms with E-state index in [9.17, 15) is 0 Å². The molecule has 0 unspecified atom stereocenters. The van der Waals surface area contributed by atoms with Gasteiger partial charge in [-0.3, -0.25) is 0 Å². The van der Waals surface area contributed by atoms with Crippen molar-refractivity contribution in [1.82, 2.24) is 25.4 Å². The smallest absolute Gasteiger partial charge is 0.191 e. The summed E-state index contributed by atoms with van der Waals surface area (Å²) < 4.78 is 2.20. The fourth-order valence-electron chi connectivity index (χ4n) is 3.39. The van der Waals surface area contributed by atoms with Crippen LogP contribution in [-0.4, -0.2) is 33.8 Å². The van der Waals surface area contributed by atoms with E-state index in [4.69, 9.17) is 0 Å². The number of benzene rings is 1. The number of guanidine groups is 1. The lowest BCUT2D eigenvalue weighted by Crippen LogP contribution is -2.38. The SMILES string of the molecule is CCNC(=NCc1nnc2n1CCC2)NCCCc1ccc(C(C)C)cc1. The van der Waals surface area contributed by atoms with E-state index in [2.05, 4.69) is 75.4 Å². The van der Waals surface area contributed by atoms with Gasteiger partial charge in [0.05, 0.1) is 0 Å². The summed E-state index contributed by atoms with van der Waals surface area (Å²) in [7, 11) is 0. The van der Waals surface area contributed by atoms with Gasteiger partial charge in [0.2, 0.25) is 0 Å². The van der Waals surface area contributed by atoms with Crippen LogP contribution in [0.2, 0.25) is 0 Å². The topological polar surface area (TPSA) is 67.1 Å². The number of nitrogens with zero attached hydrogens (tertiary/aromatic N) is 4. The molecule has 146 valence electrons. The molecular formula is C21H32N6. The predicted octanol–water partition coefficient (Wildman–Crippen LogP) is 3.04. The quantitative estimate of drug-likeness (QED) is 0.427. The summed E-state index contributed by atoms with van der Waals surface area (Å²) in [6.07, 6.45) is 4.35. The summed E-state index contributed by atoms with van der Waals surface area (Å²) in [5.41, 5.74) is 2.79. The number of aliphatic imine (C=N–C) groups is 1. The summed E-state index contributed by atoms with van der Waals surface area (Å²) in [5.74, 6) is 3.50. The van der Waals surface area contributed by atoms with E-state index in [1.807, 2.05) is 0 Å². The molecule has 1 aliphatic rings. The van der Waals surface area contributed by atoms with E-state index in [1.54, 1.807) is 0 Å². The van der Waals surface area contributed by atoms with Gasteiger partial charge in [0.25, 0.3) is 0 Å². The van der Waals surface area contributed by atoms with Gasteiger partial charge < -0.3 is 15.2 Å². The first kappa shape index (κ1) is 19.4. The summed E-state index contributed by atoms with van der Waals surface area (Å²) in [5, 5.41) is 15.3. The second-order valence-electron chi connectivity index (χ2n) is 7.41. The first-order valence-corrected chi connectivity index (χ1v) is 10.2. The van der Waals surface area contributed by atoms with Gasteiger partial charge in [0.1, 0.15) is 12.4 Å². The normalized spacial score (nSPS) is 13.9.